The number of ether oxygens (including phenoxy) is 1. The molecule has 1 aliphatic heterocycles. The number of nitrogens with zero attached hydrogens (tertiary/aromatic N) is 1. The molecule has 0 radical (unpaired) electrons. The number of halogens is 1. The van der Waals surface area contributed by atoms with Crippen molar-refractivity contribution in [1.82, 2.24) is 4.90 Å². The third-order valence-corrected chi connectivity index (χ3v) is 5.68. The minimum atomic E-state index is -0.248. The third kappa shape index (κ3) is 4.39. The number of benzene rings is 2. The number of alkyl halides is 1. The molecule has 0 bridgehead atoms. The van der Waals surface area contributed by atoms with Crippen LogP contribution in [-0.4, -0.2) is 42.4 Å². The van der Waals surface area contributed by atoms with Gasteiger partial charge >= 0.3 is 0 Å². The molecule has 1 N–H and O–H groups in total. The molecule has 0 aromatic heterocycles. The Hall–Kier alpha value is -2.33. The van der Waals surface area contributed by atoms with Crippen molar-refractivity contribution in [3.63, 3.8) is 0 Å². The maximum atomic E-state index is 12.3. The lowest BCUT2D eigenvalue weighted by atomic mass is 9.93. The number of allylic oxidation sites excluding steroid dienone is 1. The Morgan fingerprint density at radius 2 is 2.00 bits per heavy atom. The maximum Gasteiger partial charge on any atom is 0.119 e. The van der Waals surface area contributed by atoms with Crippen molar-refractivity contribution in [2.24, 2.45) is 0 Å². The van der Waals surface area contributed by atoms with E-state index in [0.717, 1.165) is 51.1 Å². The number of hydrogen-bond donors (Lipinski definition) is 1. The van der Waals surface area contributed by atoms with E-state index in [9.17, 15) is 9.50 Å². The molecular formula is C24H28FNO2. The van der Waals surface area contributed by atoms with Gasteiger partial charge < -0.3 is 9.84 Å². The van der Waals surface area contributed by atoms with Crippen molar-refractivity contribution in [1.29, 1.82) is 0 Å². The number of rotatable bonds is 6. The van der Waals surface area contributed by atoms with Crippen LogP contribution in [-0.2, 0) is 6.42 Å². The summed E-state index contributed by atoms with van der Waals surface area (Å²) in [5, 5.41) is 9.82. The van der Waals surface area contributed by atoms with E-state index in [0.29, 0.717) is 12.2 Å². The summed E-state index contributed by atoms with van der Waals surface area (Å²) in [6.07, 6.45) is 7.23. The molecule has 0 amide bonds. The SMILES string of the molecule is Oc1ccc2c(c1)CCCC=C2c1ccc(OC2CCN(CCCF)C2)cc1. The Bertz CT molecular complexity index is 831. The molecular weight excluding hydrogens is 353 g/mol. The van der Waals surface area contributed by atoms with Crippen molar-refractivity contribution in [2.45, 2.75) is 38.2 Å². The van der Waals surface area contributed by atoms with Crippen LogP contribution < -0.4 is 4.74 Å². The Morgan fingerprint density at radius 3 is 2.82 bits per heavy atom. The highest BCUT2D eigenvalue weighted by Crippen LogP contribution is 2.33. The van der Waals surface area contributed by atoms with E-state index >= 15 is 0 Å². The largest absolute Gasteiger partial charge is 0.508 e. The van der Waals surface area contributed by atoms with Gasteiger partial charge in [-0.3, -0.25) is 9.29 Å². The van der Waals surface area contributed by atoms with Gasteiger partial charge in [-0.1, -0.05) is 24.3 Å². The summed E-state index contributed by atoms with van der Waals surface area (Å²) in [6, 6.07) is 14.0. The van der Waals surface area contributed by atoms with Crippen LogP contribution in [0.5, 0.6) is 11.5 Å². The van der Waals surface area contributed by atoms with Gasteiger partial charge in [-0.2, -0.15) is 0 Å². The molecule has 148 valence electrons. The summed E-state index contributed by atoms with van der Waals surface area (Å²) in [6.45, 7) is 2.43. The van der Waals surface area contributed by atoms with Crippen molar-refractivity contribution in [2.75, 3.05) is 26.3 Å². The predicted molar refractivity (Wildman–Crippen MR) is 111 cm³/mol. The Labute approximate surface area is 166 Å². The van der Waals surface area contributed by atoms with Gasteiger partial charge in [0.1, 0.15) is 17.6 Å². The van der Waals surface area contributed by atoms with Gasteiger partial charge in [0, 0.05) is 19.6 Å². The third-order valence-electron chi connectivity index (χ3n) is 5.68. The summed E-state index contributed by atoms with van der Waals surface area (Å²) in [7, 11) is 0. The first-order valence-corrected chi connectivity index (χ1v) is 10.3. The molecule has 1 saturated heterocycles. The van der Waals surface area contributed by atoms with E-state index in [1.54, 1.807) is 6.07 Å². The van der Waals surface area contributed by atoms with Crippen LogP contribution in [0.1, 0.15) is 42.4 Å². The highest BCUT2D eigenvalue weighted by Gasteiger charge is 2.23. The molecule has 1 fully saturated rings. The molecule has 0 saturated carbocycles. The average molecular weight is 381 g/mol. The van der Waals surface area contributed by atoms with Gasteiger partial charge in [0.15, 0.2) is 0 Å². The van der Waals surface area contributed by atoms with Crippen LogP contribution >= 0.6 is 0 Å². The fraction of sp³-hybridized carbons (Fsp3) is 0.417. The Morgan fingerprint density at radius 1 is 1.14 bits per heavy atom. The second kappa shape index (κ2) is 8.78. The van der Waals surface area contributed by atoms with Crippen molar-refractivity contribution in [3.8, 4) is 11.5 Å². The van der Waals surface area contributed by atoms with Gasteiger partial charge in [0.2, 0.25) is 0 Å². The first-order chi connectivity index (χ1) is 13.7. The Balaban J connectivity index is 1.45. The van der Waals surface area contributed by atoms with E-state index < -0.39 is 0 Å². The van der Waals surface area contributed by atoms with E-state index in [2.05, 4.69) is 23.1 Å². The number of fused-ring (bicyclic) bond motifs is 1. The standard InChI is InChI=1S/C24H28FNO2/c25-13-3-14-26-15-12-22(17-26)28-21-9-6-18(7-10-21)23-5-2-1-4-19-16-20(27)8-11-24(19)23/h5-11,16,22,27H,1-4,12-15,17H2. The molecule has 0 spiro atoms. The smallest absolute Gasteiger partial charge is 0.119 e. The van der Waals surface area contributed by atoms with Gasteiger partial charge in [-0.25, -0.2) is 0 Å². The van der Waals surface area contributed by atoms with Gasteiger partial charge in [-0.15, -0.1) is 0 Å². The fourth-order valence-electron chi connectivity index (χ4n) is 4.26. The molecule has 28 heavy (non-hydrogen) atoms. The van der Waals surface area contributed by atoms with Crippen LogP contribution in [0.15, 0.2) is 48.5 Å². The highest BCUT2D eigenvalue weighted by atomic mass is 19.1. The van der Waals surface area contributed by atoms with Crippen LogP contribution in [0, 0.1) is 0 Å². The first kappa shape index (κ1) is 19.0. The monoisotopic (exact) mass is 381 g/mol. The Kier molecular flexibility index (Phi) is 5.96. The molecule has 2 aromatic carbocycles. The fourth-order valence-corrected chi connectivity index (χ4v) is 4.26. The minimum absolute atomic E-state index is 0.186. The van der Waals surface area contributed by atoms with E-state index in [-0.39, 0.29) is 12.8 Å². The zero-order valence-electron chi connectivity index (χ0n) is 16.2. The number of phenolic OH excluding ortho intramolecular Hbond substituents is 1. The van der Waals surface area contributed by atoms with Crippen molar-refractivity contribution >= 4 is 5.57 Å². The van der Waals surface area contributed by atoms with Gasteiger partial charge in [0.05, 0.1) is 6.67 Å². The van der Waals surface area contributed by atoms with E-state index in [4.69, 9.17) is 4.74 Å². The number of aromatic hydroxyl groups is 1. The van der Waals surface area contributed by atoms with E-state index in [1.807, 2.05) is 24.3 Å². The van der Waals surface area contributed by atoms with Crippen LogP contribution in [0.4, 0.5) is 4.39 Å². The van der Waals surface area contributed by atoms with E-state index in [1.165, 1.54) is 22.3 Å². The highest BCUT2D eigenvalue weighted by molar-refractivity contribution is 5.82. The van der Waals surface area contributed by atoms with Gasteiger partial charge in [-0.05, 0) is 78.6 Å². The number of likely N-dealkylation sites (tertiary alicyclic amines) is 1. The quantitative estimate of drug-likeness (QED) is 0.767. The molecule has 1 unspecified atom stereocenters. The van der Waals surface area contributed by atoms with Gasteiger partial charge in [0.25, 0.3) is 0 Å². The first-order valence-electron chi connectivity index (χ1n) is 10.3. The molecule has 4 heteroatoms. The number of aryl methyl sites for hydroxylation is 1. The molecule has 1 heterocycles. The minimum Gasteiger partial charge on any atom is -0.508 e. The lowest BCUT2D eigenvalue weighted by molar-refractivity contribution is 0.198. The molecule has 2 aliphatic rings. The summed E-state index contributed by atoms with van der Waals surface area (Å²) in [4.78, 5) is 2.28. The maximum absolute atomic E-state index is 12.3. The lowest BCUT2D eigenvalue weighted by Crippen LogP contribution is -2.26. The number of hydrogen-bond acceptors (Lipinski definition) is 3. The zero-order chi connectivity index (χ0) is 19.3. The molecule has 1 aliphatic carbocycles. The lowest BCUT2D eigenvalue weighted by Gasteiger charge is -2.17. The van der Waals surface area contributed by atoms with Crippen LogP contribution in [0.3, 0.4) is 0 Å². The second-order valence-electron chi connectivity index (χ2n) is 7.75. The summed E-state index contributed by atoms with van der Waals surface area (Å²) < 4.78 is 18.5. The summed E-state index contributed by atoms with van der Waals surface area (Å²) in [5.74, 6) is 1.22. The number of phenols is 1. The average Bonchev–Trinajstić information content (AvgIpc) is 3.04. The molecule has 4 rings (SSSR count). The second-order valence-corrected chi connectivity index (χ2v) is 7.75. The summed E-state index contributed by atoms with van der Waals surface area (Å²) in [5.41, 5.74) is 4.83. The van der Waals surface area contributed by atoms with Crippen molar-refractivity contribution in [3.05, 3.63) is 65.2 Å². The van der Waals surface area contributed by atoms with Crippen molar-refractivity contribution < 1.29 is 14.2 Å². The zero-order valence-corrected chi connectivity index (χ0v) is 16.2. The summed E-state index contributed by atoms with van der Waals surface area (Å²) >= 11 is 0. The molecule has 1 atom stereocenters. The van der Waals surface area contributed by atoms with Crippen LogP contribution in [0.25, 0.3) is 5.57 Å². The molecule has 3 nitrogen and oxygen atoms in total. The topological polar surface area (TPSA) is 32.7 Å². The van der Waals surface area contributed by atoms with Crippen LogP contribution in [0.2, 0.25) is 0 Å². The molecule has 2 aromatic rings. The predicted octanol–water partition coefficient (Wildman–Crippen LogP) is 4.97. The normalized spacial score (nSPS) is 19.8.